The van der Waals surface area contributed by atoms with Gasteiger partial charge in [-0.3, -0.25) is 4.79 Å². The lowest BCUT2D eigenvalue weighted by atomic mass is 9.88. The highest BCUT2D eigenvalue weighted by molar-refractivity contribution is 6.43. The van der Waals surface area contributed by atoms with Gasteiger partial charge in [0, 0.05) is 32.5 Å². The molecule has 9 heteroatoms. The molecule has 2 amide bonds. The van der Waals surface area contributed by atoms with Crippen molar-refractivity contribution in [3.05, 3.63) is 33.8 Å². The smallest absolute Gasteiger partial charge is 0.392 e. The molecule has 1 aromatic rings. The summed E-state index contributed by atoms with van der Waals surface area (Å²) in [5.74, 6) is 0.707. The molecule has 7 nitrogen and oxygen atoms in total. The van der Waals surface area contributed by atoms with Gasteiger partial charge >= 0.3 is 6.09 Å². The number of carbonyl (C=O) groups excluding carboxylic acids is 2. The first kappa shape index (κ1) is 19.3. The van der Waals surface area contributed by atoms with Crippen molar-refractivity contribution in [2.45, 2.75) is 37.7 Å². The molecule has 1 saturated carbocycles. The van der Waals surface area contributed by atoms with E-state index in [1.807, 2.05) is 0 Å². The van der Waals surface area contributed by atoms with E-state index >= 15 is 0 Å². The second-order valence-electron chi connectivity index (χ2n) is 7.54. The number of piperidine rings is 1. The summed E-state index contributed by atoms with van der Waals surface area (Å²) in [6.07, 6.45) is 3.43. The number of oxime groups is 1. The third-order valence-electron chi connectivity index (χ3n) is 5.40. The predicted molar refractivity (Wildman–Crippen MR) is 105 cm³/mol. The summed E-state index contributed by atoms with van der Waals surface area (Å²) in [5, 5.41) is 7.30. The number of ether oxygens (including phenoxy) is 1. The molecule has 1 saturated heterocycles. The zero-order valence-corrected chi connectivity index (χ0v) is 16.8. The Hall–Kier alpha value is -1.99. The zero-order chi connectivity index (χ0) is 19.7. The average Bonchev–Trinajstić information content (AvgIpc) is 3.45. The first-order valence-corrected chi connectivity index (χ1v) is 10.2. The van der Waals surface area contributed by atoms with E-state index in [0.29, 0.717) is 55.4 Å². The van der Waals surface area contributed by atoms with Gasteiger partial charge in [0.2, 0.25) is 5.90 Å². The minimum absolute atomic E-state index is 0.155. The molecule has 0 bridgehead atoms. The van der Waals surface area contributed by atoms with Crippen LogP contribution in [0.2, 0.25) is 10.0 Å². The first-order valence-electron chi connectivity index (χ1n) is 9.40. The van der Waals surface area contributed by atoms with Crippen LogP contribution in [-0.4, -0.2) is 48.0 Å². The summed E-state index contributed by atoms with van der Waals surface area (Å²) in [4.78, 5) is 31.9. The summed E-state index contributed by atoms with van der Waals surface area (Å²) < 4.78 is 5.25. The summed E-state index contributed by atoms with van der Waals surface area (Å²) in [5.41, 5.74) is -0.133. The highest BCUT2D eigenvalue weighted by Crippen LogP contribution is 2.36. The second kappa shape index (κ2) is 7.79. The highest BCUT2D eigenvalue weighted by atomic mass is 35.5. The van der Waals surface area contributed by atoms with Crippen LogP contribution >= 0.6 is 23.2 Å². The van der Waals surface area contributed by atoms with Crippen LogP contribution in [0.25, 0.3) is 0 Å². The van der Waals surface area contributed by atoms with Crippen molar-refractivity contribution in [3.8, 4) is 0 Å². The van der Waals surface area contributed by atoms with Crippen LogP contribution in [0.4, 0.5) is 4.79 Å². The van der Waals surface area contributed by atoms with Crippen molar-refractivity contribution in [3.63, 3.8) is 0 Å². The molecule has 0 aromatic heterocycles. The van der Waals surface area contributed by atoms with Crippen LogP contribution in [0, 0.1) is 5.92 Å². The Kier molecular flexibility index (Phi) is 5.38. The minimum atomic E-state index is -0.527. The van der Waals surface area contributed by atoms with Crippen molar-refractivity contribution in [2.24, 2.45) is 11.1 Å². The molecule has 2 heterocycles. The van der Waals surface area contributed by atoms with E-state index in [9.17, 15) is 9.59 Å². The SMILES string of the molecule is O=C(NCC1CC1)OC1=NOC2(CCN(C(=O)c3cccc(Cl)c3Cl)CC2)C1. The fourth-order valence-corrected chi connectivity index (χ4v) is 3.84. The number of nitrogens with one attached hydrogen (secondary N) is 1. The van der Waals surface area contributed by atoms with E-state index in [2.05, 4.69) is 10.5 Å². The Morgan fingerprint density at radius 1 is 1.29 bits per heavy atom. The Balaban J connectivity index is 1.28. The summed E-state index contributed by atoms with van der Waals surface area (Å²) in [6.45, 7) is 1.64. The van der Waals surface area contributed by atoms with E-state index in [4.69, 9.17) is 32.8 Å². The number of nitrogens with zero attached hydrogens (tertiary/aromatic N) is 2. The third kappa shape index (κ3) is 4.20. The lowest BCUT2D eigenvalue weighted by molar-refractivity contribution is -0.0568. The van der Waals surface area contributed by atoms with Gasteiger partial charge in [-0.25, -0.2) is 4.79 Å². The Morgan fingerprint density at radius 2 is 2.04 bits per heavy atom. The monoisotopic (exact) mass is 425 g/mol. The van der Waals surface area contributed by atoms with Gasteiger partial charge in [0.05, 0.1) is 22.0 Å². The summed E-state index contributed by atoms with van der Waals surface area (Å²) in [7, 11) is 0. The lowest BCUT2D eigenvalue weighted by Gasteiger charge is -2.37. The molecule has 1 N–H and O–H groups in total. The van der Waals surface area contributed by atoms with Gasteiger partial charge in [0.1, 0.15) is 5.60 Å². The molecule has 1 aromatic carbocycles. The van der Waals surface area contributed by atoms with Crippen LogP contribution in [0.15, 0.2) is 23.4 Å². The number of halogens is 2. The highest BCUT2D eigenvalue weighted by Gasteiger charge is 2.44. The van der Waals surface area contributed by atoms with Crippen LogP contribution < -0.4 is 5.32 Å². The molecule has 1 aliphatic carbocycles. The number of hydrogen-bond acceptors (Lipinski definition) is 5. The van der Waals surface area contributed by atoms with E-state index in [1.165, 1.54) is 0 Å². The number of alkyl carbamates (subject to hydrolysis) is 1. The topological polar surface area (TPSA) is 80.2 Å². The maximum atomic E-state index is 12.8. The fraction of sp³-hybridized carbons (Fsp3) is 0.526. The molecule has 3 aliphatic rings. The van der Waals surface area contributed by atoms with Crippen molar-refractivity contribution >= 4 is 41.1 Å². The molecule has 0 radical (unpaired) electrons. The number of likely N-dealkylation sites (tertiary alicyclic amines) is 1. The molecule has 28 heavy (non-hydrogen) atoms. The van der Waals surface area contributed by atoms with Crippen molar-refractivity contribution in [1.29, 1.82) is 0 Å². The number of benzene rings is 1. The number of rotatable bonds is 3. The number of amides is 2. The maximum Gasteiger partial charge on any atom is 0.413 e. The largest absolute Gasteiger partial charge is 0.413 e. The summed E-state index contributed by atoms with van der Waals surface area (Å²) >= 11 is 12.2. The Labute approximate surface area is 172 Å². The van der Waals surface area contributed by atoms with Gasteiger partial charge in [0.15, 0.2) is 0 Å². The predicted octanol–water partition coefficient (Wildman–Crippen LogP) is 3.84. The van der Waals surface area contributed by atoms with Gasteiger partial charge < -0.3 is 19.8 Å². The molecular formula is C19H21Cl2N3O4. The average molecular weight is 426 g/mol. The minimum Gasteiger partial charge on any atom is -0.392 e. The number of hydrogen-bond donors (Lipinski definition) is 1. The molecule has 0 atom stereocenters. The van der Waals surface area contributed by atoms with Crippen LogP contribution in [0.1, 0.15) is 42.5 Å². The molecule has 4 rings (SSSR count). The molecule has 2 fully saturated rings. The van der Waals surface area contributed by atoms with Crippen molar-refractivity contribution < 1.29 is 19.2 Å². The lowest BCUT2D eigenvalue weighted by Crippen LogP contribution is -2.47. The van der Waals surface area contributed by atoms with Gasteiger partial charge in [0.25, 0.3) is 5.91 Å². The van der Waals surface area contributed by atoms with Gasteiger partial charge in [-0.2, -0.15) is 0 Å². The van der Waals surface area contributed by atoms with E-state index in [1.54, 1.807) is 23.1 Å². The van der Waals surface area contributed by atoms with Crippen LogP contribution in [-0.2, 0) is 9.57 Å². The Bertz CT molecular complexity index is 817. The van der Waals surface area contributed by atoms with Crippen LogP contribution in [0.5, 0.6) is 0 Å². The third-order valence-corrected chi connectivity index (χ3v) is 6.22. The van der Waals surface area contributed by atoms with Crippen molar-refractivity contribution in [1.82, 2.24) is 10.2 Å². The van der Waals surface area contributed by atoms with E-state index < -0.39 is 11.7 Å². The second-order valence-corrected chi connectivity index (χ2v) is 8.33. The van der Waals surface area contributed by atoms with E-state index in [0.717, 1.165) is 12.8 Å². The summed E-state index contributed by atoms with van der Waals surface area (Å²) in [6, 6.07) is 5.03. The molecular weight excluding hydrogens is 405 g/mol. The molecule has 150 valence electrons. The van der Waals surface area contributed by atoms with Gasteiger partial charge in [-0.1, -0.05) is 34.4 Å². The standard InChI is InChI=1S/C19H21Cl2N3O4/c20-14-3-1-2-13(16(14)21)17(25)24-8-6-19(7-9-24)10-15(23-28-19)27-18(26)22-11-12-4-5-12/h1-3,12H,4-11H2,(H,22,26). The number of carbonyl (C=O) groups is 2. The zero-order valence-electron chi connectivity index (χ0n) is 15.2. The van der Waals surface area contributed by atoms with E-state index in [-0.39, 0.29) is 16.8 Å². The van der Waals surface area contributed by atoms with Gasteiger partial charge in [-0.15, -0.1) is 0 Å². The molecule has 1 spiro atoms. The normalized spacial score (nSPS) is 20.5. The fourth-order valence-electron chi connectivity index (χ4n) is 3.46. The maximum absolute atomic E-state index is 12.8. The Morgan fingerprint density at radius 3 is 2.75 bits per heavy atom. The molecule has 0 unspecified atom stereocenters. The van der Waals surface area contributed by atoms with Gasteiger partial charge in [-0.05, 0) is 30.9 Å². The molecule has 2 aliphatic heterocycles. The van der Waals surface area contributed by atoms with Crippen molar-refractivity contribution in [2.75, 3.05) is 19.6 Å². The first-order chi connectivity index (χ1) is 13.5. The van der Waals surface area contributed by atoms with Crippen LogP contribution in [0.3, 0.4) is 0 Å². The quantitative estimate of drug-likeness (QED) is 0.797.